The summed E-state index contributed by atoms with van der Waals surface area (Å²) in [5, 5.41) is 5.24. The minimum atomic E-state index is 0.211. The van der Waals surface area contributed by atoms with E-state index in [0.29, 0.717) is 10.8 Å². The first-order valence-electron chi connectivity index (χ1n) is 11.2. The molecule has 2 atom stereocenters. The molecule has 2 heterocycles. The zero-order valence-corrected chi connectivity index (χ0v) is 17.3. The minimum Gasteiger partial charge on any atom is -0.364 e. The molecule has 28 heavy (non-hydrogen) atoms. The van der Waals surface area contributed by atoms with Gasteiger partial charge in [-0.15, -0.1) is 0 Å². The monoisotopic (exact) mass is 376 g/mol. The molecule has 0 amide bonds. The molecule has 4 aliphatic carbocycles. The van der Waals surface area contributed by atoms with Gasteiger partial charge in [0.1, 0.15) is 5.82 Å². The fourth-order valence-electron chi connectivity index (χ4n) is 8.06. The van der Waals surface area contributed by atoms with Gasteiger partial charge in [-0.3, -0.25) is 0 Å². The van der Waals surface area contributed by atoms with Gasteiger partial charge in [0.15, 0.2) is 0 Å². The lowest BCUT2D eigenvalue weighted by atomic mass is 9.43. The number of benzene rings is 1. The van der Waals surface area contributed by atoms with Crippen LogP contribution in [-0.2, 0) is 0 Å². The minimum absolute atomic E-state index is 0.211. The van der Waals surface area contributed by atoms with Crippen molar-refractivity contribution in [2.75, 3.05) is 23.3 Å². The lowest BCUT2D eigenvalue weighted by molar-refractivity contribution is -0.0973. The number of rotatable bonds is 3. The molecule has 1 aliphatic heterocycles. The molecule has 1 aromatic carbocycles. The third kappa shape index (κ3) is 2.63. The molecule has 148 valence electrons. The third-order valence-electron chi connectivity index (χ3n) is 7.99. The third-order valence-corrected chi connectivity index (χ3v) is 7.99. The topological polar surface area (TPSA) is 41.1 Å². The van der Waals surface area contributed by atoms with Gasteiger partial charge in [0.25, 0.3) is 0 Å². The van der Waals surface area contributed by atoms with E-state index < -0.39 is 0 Å². The molecule has 2 aromatic rings. The van der Waals surface area contributed by atoms with Crippen LogP contribution in [0.4, 0.5) is 11.8 Å². The van der Waals surface area contributed by atoms with Crippen molar-refractivity contribution in [2.45, 2.75) is 70.8 Å². The SMILES string of the molecule is C[C@]12CC3CC(Nc4nc(N5CCCC5)nc5ccccc45)(C1)C[C@](C)(C3)C2. The summed E-state index contributed by atoms with van der Waals surface area (Å²) < 4.78 is 0. The summed E-state index contributed by atoms with van der Waals surface area (Å²) in [5.41, 5.74) is 2.29. The normalized spacial score (nSPS) is 39.1. The maximum absolute atomic E-state index is 5.11. The van der Waals surface area contributed by atoms with Crippen LogP contribution in [-0.4, -0.2) is 28.6 Å². The van der Waals surface area contributed by atoms with Crippen LogP contribution in [0.5, 0.6) is 0 Å². The first-order valence-corrected chi connectivity index (χ1v) is 11.2. The maximum atomic E-state index is 5.11. The van der Waals surface area contributed by atoms with Gasteiger partial charge >= 0.3 is 0 Å². The number of fused-ring (bicyclic) bond motifs is 1. The molecule has 1 aromatic heterocycles. The Kier molecular flexibility index (Phi) is 3.42. The first-order chi connectivity index (χ1) is 13.4. The molecule has 4 heteroatoms. The lowest BCUT2D eigenvalue weighted by Gasteiger charge is -2.65. The van der Waals surface area contributed by atoms with Crippen molar-refractivity contribution in [2.24, 2.45) is 16.7 Å². The number of para-hydroxylation sites is 1. The van der Waals surface area contributed by atoms with Gasteiger partial charge in [-0.1, -0.05) is 26.0 Å². The van der Waals surface area contributed by atoms with Gasteiger partial charge < -0.3 is 10.2 Å². The Labute approximate surface area is 168 Å². The van der Waals surface area contributed by atoms with Gasteiger partial charge in [0.05, 0.1) is 5.52 Å². The Morgan fingerprint density at radius 2 is 1.64 bits per heavy atom. The van der Waals surface area contributed by atoms with Crippen LogP contribution in [0.25, 0.3) is 10.9 Å². The van der Waals surface area contributed by atoms with Crippen LogP contribution in [0.2, 0.25) is 0 Å². The molecule has 1 saturated heterocycles. The second kappa shape index (κ2) is 5.61. The molecular weight excluding hydrogens is 344 g/mol. The van der Waals surface area contributed by atoms with Gasteiger partial charge in [-0.25, -0.2) is 4.98 Å². The van der Waals surface area contributed by atoms with E-state index in [1.54, 1.807) is 0 Å². The van der Waals surface area contributed by atoms with E-state index in [9.17, 15) is 0 Å². The highest BCUT2D eigenvalue weighted by Gasteiger charge is 2.60. The second-order valence-corrected chi connectivity index (χ2v) is 11.1. The van der Waals surface area contributed by atoms with E-state index in [-0.39, 0.29) is 5.54 Å². The predicted octanol–water partition coefficient (Wildman–Crippen LogP) is 5.39. The van der Waals surface area contributed by atoms with Crippen molar-refractivity contribution in [3.05, 3.63) is 24.3 Å². The number of hydrogen-bond acceptors (Lipinski definition) is 4. The van der Waals surface area contributed by atoms with Crippen LogP contribution in [0.15, 0.2) is 24.3 Å². The van der Waals surface area contributed by atoms with Gasteiger partial charge in [-0.05, 0) is 80.2 Å². The second-order valence-electron chi connectivity index (χ2n) is 11.1. The van der Waals surface area contributed by atoms with E-state index in [0.717, 1.165) is 36.3 Å². The standard InChI is InChI=1S/C24H32N4/c1-22-11-17-12-23(2,14-22)16-24(13-17,15-22)27-20-18-7-3-4-8-19(18)25-21(26-20)28-9-5-6-10-28/h3-4,7-8,17H,5-6,9-16H2,1-2H3,(H,25,26,27)/t17?,22-,23-,24?/m1/s1. The van der Waals surface area contributed by atoms with Gasteiger partial charge in [0.2, 0.25) is 5.95 Å². The summed E-state index contributed by atoms with van der Waals surface area (Å²) >= 11 is 0. The Balaban J connectivity index is 1.43. The summed E-state index contributed by atoms with van der Waals surface area (Å²) in [7, 11) is 0. The molecule has 0 unspecified atom stereocenters. The summed E-state index contributed by atoms with van der Waals surface area (Å²) in [6, 6.07) is 8.55. The van der Waals surface area contributed by atoms with Crippen LogP contribution < -0.4 is 10.2 Å². The average Bonchev–Trinajstić information content (AvgIpc) is 3.13. The van der Waals surface area contributed by atoms with Crippen molar-refractivity contribution in [1.82, 2.24) is 9.97 Å². The highest BCUT2D eigenvalue weighted by Crippen LogP contribution is 2.66. The van der Waals surface area contributed by atoms with Crippen LogP contribution >= 0.6 is 0 Å². The van der Waals surface area contributed by atoms with E-state index in [2.05, 4.69) is 48.3 Å². The molecule has 5 fully saturated rings. The molecule has 7 rings (SSSR count). The smallest absolute Gasteiger partial charge is 0.227 e. The molecule has 1 N–H and O–H groups in total. The fraction of sp³-hybridized carbons (Fsp3) is 0.667. The zero-order chi connectivity index (χ0) is 19.0. The maximum Gasteiger partial charge on any atom is 0.227 e. The molecular formula is C24H32N4. The molecule has 5 aliphatic rings. The fourth-order valence-corrected chi connectivity index (χ4v) is 8.06. The van der Waals surface area contributed by atoms with Gasteiger partial charge in [-0.2, -0.15) is 4.98 Å². The Morgan fingerprint density at radius 3 is 2.36 bits per heavy atom. The highest BCUT2D eigenvalue weighted by atomic mass is 15.3. The zero-order valence-electron chi connectivity index (χ0n) is 17.3. The number of nitrogens with zero attached hydrogens (tertiary/aromatic N) is 3. The number of nitrogens with one attached hydrogen (secondary N) is 1. The first kappa shape index (κ1) is 17.1. The number of hydrogen-bond donors (Lipinski definition) is 1. The summed E-state index contributed by atoms with van der Waals surface area (Å²) in [4.78, 5) is 12.4. The summed E-state index contributed by atoms with van der Waals surface area (Å²) in [5.74, 6) is 2.87. The molecule has 0 spiro atoms. The largest absolute Gasteiger partial charge is 0.364 e. The van der Waals surface area contributed by atoms with E-state index in [1.807, 2.05) is 0 Å². The quantitative estimate of drug-likeness (QED) is 0.780. The lowest BCUT2D eigenvalue weighted by Crippen LogP contribution is -2.61. The van der Waals surface area contributed by atoms with Crippen LogP contribution in [0.3, 0.4) is 0 Å². The Morgan fingerprint density at radius 1 is 0.929 bits per heavy atom. The number of anilines is 2. The van der Waals surface area contributed by atoms with Crippen molar-refractivity contribution in [3.8, 4) is 0 Å². The van der Waals surface area contributed by atoms with Crippen LogP contribution in [0.1, 0.15) is 65.2 Å². The molecule has 0 radical (unpaired) electrons. The van der Waals surface area contributed by atoms with E-state index in [1.165, 1.54) is 56.8 Å². The van der Waals surface area contributed by atoms with E-state index >= 15 is 0 Å². The summed E-state index contributed by atoms with van der Waals surface area (Å²) in [6.45, 7) is 7.25. The summed E-state index contributed by atoms with van der Waals surface area (Å²) in [6.07, 6.45) is 10.7. The Bertz CT molecular complexity index is 913. The van der Waals surface area contributed by atoms with Crippen molar-refractivity contribution < 1.29 is 0 Å². The Hall–Kier alpha value is -1.84. The highest BCUT2D eigenvalue weighted by molar-refractivity contribution is 5.90. The van der Waals surface area contributed by atoms with Gasteiger partial charge in [0, 0.05) is 24.0 Å². The van der Waals surface area contributed by atoms with Crippen molar-refractivity contribution in [3.63, 3.8) is 0 Å². The number of aromatic nitrogens is 2. The molecule has 4 nitrogen and oxygen atoms in total. The van der Waals surface area contributed by atoms with E-state index in [4.69, 9.17) is 9.97 Å². The molecule has 4 bridgehead atoms. The van der Waals surface area contributed by atoms with Crippen molar-refractivity contribution >= 4 is 22.7 Å². The van der Waals surface area contributed by atoms with Crippen LogP contribution in [0, 0.1) is 16.7 Å². The van der Waals surface area contributed by atoms with Crippen molar-refractivity contribution in [1.29, 1.82) is 0 Å². The molecule has 4 saturated carbocycles. The predicted molar refractivity (Wildman–Crippen MR) is 115 cm³/mol. The average molecular weight is 377 g/mol.